The molecule has 0 aliphatic rings. The Hall–Kier alpha value is 0.180. The van der Waals surface area contributed by atoms with Gasteiger partial charge in [-0.3, -0.25) is 0 Å². The molecular formula is C10H15BrS. The minimum atomic E-state index is 1.16. The summed E-state index contributed by atoms with van der Waals surface area (Å²) < 4.78 is 0. The number of hydrogen-bond acceptors (Lipinski definition) is 1. The molecule has 0 aliphatic carbocycles. The number of hydrogen-bond donors (Lipinski definition) is 0. The van der Waals surface area contributed by atoms with Crippen LogP contribution in [0.4, 0.5) is 0 Å². The fourth-order valence-corrected chi connectivity index (χ4v) is 2.35. The van der Waals surface area contributed by atoms with Gasteiger partial charge in [0.1, 0.15) is 0 Å². The molecule has 0 N–H and O–H groups in total. The van der Waals surface area contributed by atoms with Crippen LogP contribution in [0.5, 0.6) is 0 Å². The first-order valence-electron chi connectivity index (χ1n) is 4.52. The summed E-state index contributed by atoms with van der Waals surface area (Å²) in [5.41, 5.74) is 0. The molecule has 0 fully saturated rings. The molecule has 0 atom stereocenters. The molecule has 0 amide bonds. The Balaban J connectivity index is 1.96. The molecule has 0 spiro atoms. The van der Waals surface area contributed by atoms with Gasteiger partial charge in [0.05, 0.1) is 0 Å². The van der Waals surface area contributed by atoms with Crippen LogP contribution in [0.1, 0.15) is 30.6 Å². The highest BCUT2D eigenvalue weighted by molar-refractivity contribution is 9.09. The van der Waals surface area contributed by atoms with Crippen LogP contribution in [-0.4, -0.2) is 5.33 Å². The van der Waals surface area contributed by atoms with Crippen molar-refractivity contribution >= 4 is 27.3 Å². The number of rotatable bonds is 6. The molecule has 1 rings (SSSR count). The largest absolute Gasteiger partial charge is 0.149 e. The number of thiophene rings is 1. The second kappa shape index (κ2) is 6.67. The molecule has 0 radical (unpaired) electrons. The lowest BCUT2D eigenvalue weighted by Crippen LogP contribution is -1.82. The van der Waals surface area contributed by atoms with E-state index in [1.54, 1.807) is 0 Å². The summed E-state index contributed by atoms with van der Waals surface area (Å²) in [5, 5.41) is 3.32. The van der Waals surface area contributed by atoms with E-state index in [-0.39, 0.29) is 0 Å². The second-order valence-corrected chi connectivity index (χ2v) is 4.76. The van der Waals surface area contributed by atoms with E-state index in [2.05, 4.69) is 33.4 Å². The van der Waals surface area contributed by atoms with Crippen LogP contribution >= 0.6 is 27.3 Å². The molecule has 0 bridgehead atoms. The lowest BCUT2D eigenvalue weighted by molar-refractivity contribution is 0.675. The van der Waals surface area contributed by atoms with Gasteiger partial charge in [0, 0.05) is 10.2 Å². The van der Waals surface area contributed by atoms with Crippen LogP contribution in [0.15, 0.2) is 17.5 Å². The van der Waals surface area contributed by atoms with Gasteiger partial charge in [0.2, 0.25) is 0 Å². The average molecular weight is 247 g/mol. The maximum atomic E-state index is 3.44. The van der Waals surface area contributed by atoms with Crippen LogP contribution in [0.3, 0.4) is 0 Å². The summed E-state index contributed by atoms with van der Waals surface area (Å²) in [6.07, 6.45) is 6.71. The third-order valence-corrected chi connectivity index (χ3v) is 3.38. The average Bonchev–Trinajstić information content (AvgIpc) is 2.57. The van der Waals surface area contributed by atoms with E-state index in [0.29, 0.717) is 0 Å². The van der Waals surface area contributed by atoms with Crippen molar-refractivity contribution in [2.45, 2.75) is 32.1 Å². The van der Waals surface area contributed by atoms with Crippen molar-refractivity contribution in [3.63, 3.8) is 0 Å². The lowest BCUT2D eigenvalue weighted by atomic mass is 10.1. The molecule has 1 aromatic rings. The van der Waals surface area contributed by atoms with Crippen molar-refractivity contribution in [3.8, 4) is 0 Å². The first-order chi connectivity index (χ1) is 5.93. The zero-order chi connectivity index (χ0) is 8.65. The zero-order valence-electron chi connectivity index (χ0n) is 7.26. The quantitative estimate of drug-likeness (QED) is 0.521. The summed E-state index contributed by atoms with van der Waals surface area (Å²) in [6, 6.07) is 4.37. The van der Waals surface area contributed by atoms with E-state index in [9.17, 15) is 0 Å². The minimum Gasteiger partial charge on any atom is -0.149 e. The van der Waals surface area contributed by atoms with E-state index in [0.717, 1.165) is 5.33 Å². The molecule has 1 heterocycles. The lowest BCUT2D eigenvalue weighted by Gasteiger charge is -1.97. The van der Waals surface area contributed by atoms with Crippen molar-refractivity contribution < 1.29 is 0 Å². The van der Waals surface area contributed by atoms with Gasteiger partial charge in [-0.1, -0.05) is 34.8 Å². The maximum Gasteiger partial charge on any atom is 0.00452 e. The Kier molecular flexibility index (Phi) is 5.70. The molecule has 68 valence electrons. The van der Waals surface area contributed by atoms with E-state index < -0.39 is 0 Å². The van der Waals surface area contributed by atoms with E-state index in [4.69, 9.17) is 0 Å². The van der Waals surface area contributed by atoms with Crippen LogP contribution in [-0.2, 0) is 6.42 Å². The van der Waals surface area contributed by atoms with Crippen molar-refractivity contribution in [2.24, 2.45) is 0 Å². The summed E-state index contributed by atoms with van der Waals surface area (Å²) in [4.78, 5) is 1.54. The minimum absolute atomic E-state index is 1.16. The molecule has 0 unspecified atom stereocenters. The van der Waals surface area contributed by atoms with Gasteiger partial charge in [-0.05, 0) is 30.7 Å². The first-order valence-corrected chi connectivity index (χ1v) is 6.52. The molecule has 0 aromatic carbocycles. The van der Waals surface area contributed by atoms with Crippen LogP contribution in [0.2, 0.25) is 0 Å². The summed E-state index contributed by atoms with van der Waals surface area (Å²) >= 11 is 5.32. The van der Waals surface area contributed by atoms with Crippen molar-refractivity contribution in [1.29, 1.82) is 0 Å². The van der Waals surface area contributed by atoms with Crippen LogP contribution in [0, 0.1) is 0 Å². The second-order valence-electron chi connectivity index (χ2n) is 2.93. The Labute approximate surface area is 87.1 Å². The standard InChI is InChI=1S/C10H15BrS/c11-8-4-2-1-3-6-10-7-5-9-12-10/h5,7,9H,1-4,6,8H2. The molecule has 0 saturated heterocycles. The van der Waals surface area contributed by atoms with Crippen molar-refractivity contribution in [1.82, 2.24) is 0 Å². The Morgan fingerprint density at radius 2 is 2.00 bits per heavy atom. The molecular weight excluding hydrogens is 232 g/mol. The molecule has 2 heteroatoms. The first kappa shape index (κ1) is 10.3. The van der Waals surface area contributed by atoms with Crippen molar-refractivity contribution in [3.05, 3.63) is 22.4 Å². The summed E-state index contributed by atoms with van der Waals surface area (Å²) in [6.45, 7) is 0. The summed E-state index contributed by atoms with van der Waals surface area (Å²) in [7, 11) is 0. The monoisotopic (exact) mass is 246 g/mol. The highest BCUT2D eigenvalue weighted by Gasteiger charge is 1.93. The molecule has 0 aliphatic heterocycles. The predicted molar refractivity (Wildman–Crippen MR) is 60.3 cm³/mol. The Morgan fingerprint density at radius 3 is 2.67 bits per heavy atom. The van der Waals surface area contributed by atoms with Crippen molar-refractivity contribution in [2.75, 3.05) is 5.33 Å². The highest BCUT2D eigenvalue weighted by Crippen LogP contribution is 2.13. The predicted octanol–water partition coefficient (Wildman–Crippen LogP) is 4.25. The molecule has 1 aromatic heterocycles. The highest BCUT2D eigenvalue weighted by atomic mass is 79.9. The van der Waals surface area contributed by atoms with Gasteiger partial charge >= 0.3 is 0 Å². The third-order valence-electron chi connectivity index (χ3n) is 1.89. The van der Waals surface area contributed by atoms with E-state index in [1.165, 1.54) is 37.0 Å². The van der Waals surface area contributed by atoms with Gasteiger partial charge in [0.25, 0.3) is 0 Å². The Bertz CT molecular complexity index is 182. The Morgan fingerprint density at radius 1 is 1.17 bits per heavy atom. The van der Waals surface area contributed by atoms with Gasteiger partial charge in [-0.2, -0.15) is 0 Å². The maximum absolute atomic E-state index is 3.44. The third kappa shape index (κ3) is 4.27. The number of alkyl halides is 1. The normalized spacial score (nSPS) is 10.4. The topological polar surface area (TPSA) is 0 Å². The number of unbranched alkanes of at least 4 members (excludes halogenated alkanes) is 3. The molecule has 0 nitrogen and oxygen atoms in total. The van der Waals surface area contributed by atoms with Crippen LogP contribution in [0.25, 0.3) is 0 Å². The van der Waals surface area contributed by atoms with E-state index in [1.807, 2.05) is 11.3 Å². The van der Waals surface area contributed by atoms with Gasteiger partial charge < -0.3 is 0 Å². The summed E-state index contributed by atoms with van der Waals surface area (Å²) in [5.74, 6) is 0. The fourth-order valence-electron chi connectivity index (χ4n) is 1.20. The number of halogens is 1. The van der Waals surface area contributed by atoms with Gasteiger partial charge in [-0.15, -0.1) is 11.3 Å². The SMILES string of the molecule is BrCCCCCCc1cccs1. The smallest absolute Gasteiger partial charge is 0.00452 e. The zero-order valence-corrected chi connectivity index (χ0v) is 9.66. The molecule has 0 saturated carbocycles. The van der Waals surface area contributed by atoms with Gasteiger partial charge in [-0.25, -0.2) is 0 Å². The van der Waals surface area contributed by atoms with E-state index >= 15 is 0 Å². The molecule has 12 heavy (non-hydrogen) atoms. The fraction of sp³-hybridized carbons (Fsp3) is 0.600. The number of aryl methyl sites for hydroxylation is 1. The van der Waals surface area contributed by atoms with Gasteiger partial charge in [0.15, 0.2) is 0 Å². The van der Waals surface area contributed by atoms with Crippen LogP contribution < -0.4 is 0 Å².